The molecule has 29 heavy (non-hydrogen) atoms. The number of carbonyl (C=O) groups excluding carboxylic acids is 1. The van der Waals surface area contributed by atoms with Crippen molar-refractivity contribution in [2.45, 2.75) is 38.6 Å². The minimum Gasteiger partial charge on any atom is -0.481 e. The van der Waals surface area contributed by atoms with E-state index in [-0.39, 0.29) is 0 Å². The Labute approximate surface area is 170 Å². The largest absolute Gasteiger partial charge is 0.481 e. The number of aryl methyl sites for hydroxylation is 2. The van der Waals surface area contributed by atoms with E-state index >= 15 is 0 Å². The van der Waals surface area contributed by atoms with E-state index in [2.05, 4.69) is 25.9 Å². The van der Waals surface area contributed by atoms with Gasteiger partial charge in [0.1, 0.15) is 6.29 Å². The van der Waals surface area contributed by atoms with Crippen LogP contribution in [0.15, 0.2) is 24.3 Å². The van der Waals surface area contributed by atoms with E-state index in [0.717, 1.165) is 44.2 Å². The molecule has 0 fully saturated rings. The standard InChI is InChI=1S/C22H26N4O3/c1-28-20-13-21(29-2)25-22(24-20)23-10-5-11-26-18-7-4-3-6-16(18)17-12-15(14-27)8-9-19(17)26/h8-9,12-14H,3-7,10-11H2,1-2H3,(H,23,24,25). The van der Waals surface area contributed by atoms with Crippen LogP contribution in [0.1, 0.15) is 40.9 Å². The minimum atomic E-state index is 0.468. The van der Waals surface area contributed by atoms with Crippen molar-refractivity contribution in [1.82, 2.24) is 14.5 Å². The van der Waals surface area contributed by atoms with Gasteiger partial charge in [-0.3, -0.25) is 4.79 Å². The highest BCUT2D eigenvalue weighted by atomic mass is 16.5. The molecule has 4 rings (SSSR count). The van der Waals surface area contributed by atoms with Gasteiger partial charge in [0.05, 0.1) is 20.3 Å². The molecule has 0 radical (unpaired) electrons. The lowest BCUT2D eigenvalue weighted by Gasteiger charge is -2.16. The van der Waals surface area contributed by atoms with Crippen LogP contribution in [-0.2, 0) is 19.4 Å². The first-order valence-corrected chi connectivity index (χ1v) is 10.0. The van der Waals surface area contributed by atoms with Gasteiger partial charge in [0.2, 0.25) is 17.7 Å². The van der Waals surface area contributed by atoms with E-state index in [1.807, 2.05) is 12.1 Å². The first-order chi connectivity index (χ1) is 14.2. The van der Waals surface area contributed by atoms with Crippen LogP contribution in [0.5, 0.6) is 11.8 Å². The molecule has 2 aromatic heterocycles. The van der Waals surface area contributed by atoms with Gasteiger partial charge in [-0.15, -0.1) is 0 Å². The van der Waals surface area contributed by atoms with Crippen molar-refractivity contribution in [3.63, 3.8) is 0 Å². The lowest BCUT2D eigenvalue weighted by atomic mass is 9.95. The molecular weight excluding hydrogens is 368 g/mol. The summed E-state index contributed by atoms with van der Waals surface area (Å²) >= 11 is 0. The highest BCUT2D eigenvalue weighted by Gasteiger charge is 2.20. The molecule has 0 bridgehead atoms. The van der Waals surface area contributed by atoms with Crippen molar-refractivity contribution in [3.8, 4) is 11.8 Å². The number of carbonyl (C=O) groups is 1. The number of benzene rings is 1. The molecule has 1 aliphatic carbocycles. The molecule has 1 aliphatic rings. The average Bonchev–Trinajstić information content (AvgIpc) is 3.09. The third-order valence-electron chi connectivity index (χ3n) is 5.48. The maximum absolute atomic E-state index is 11.2. The van der Waals surface area contributed by atoms with Crippen molar-refractivity contribution in [2.24, 2.45) is 0 Å². The molecule has 7 nitrogen and oxygen atoms in total. The van der Waals surface area contributed by atoms with Gasteiger partial charge in [0, 0.05) is 35.2 Å². The summed E-state index contributed by atoms with van der Waals surface area (Å²) < 4.78 is 12.8. The second-order valence-electron chi connectivity index (χ2n) is 7.24. The monoisotopic (exact) mass is 394 g/mol. The number of aldehydes is 1. The summed E-state index contributed by atoms with van der Waals surface area (Å²) in [6.45, 7) is 1.64. The van der Waals surface area contributed by atoms with Crippen molar-refractivity contribution < 1.29 is 14.3 Å². The molecule has 0 saturated carbocycles. The Morgan fingerprint density at radius 1 is 1.10 bits per heavy atom. The van der Waals surface area contributed by atoms with Crippen LogP contribution in [0.4, 0.5) is 5.95 Å². The first kappa shape index (κ1) is 19.2. The Morgan fingerprint density at radius 3 is 2.59 bits per heavy atom. The number of anilines is 1. The smallest absolute Gasteiger partial charge is 0.229 e. The number of hydrogen-bond acceptors (Lipinski definition) is 6. The molecule has 0 unspecified atom stereocenters. The minimum absolute atomic E-state index is 0.468. The fourth-order valence-electron chi connectivity index (χ4n) is 4.11. The van der Waals surface area contributed by atoms with E-state index in [1.54, 1.807) is 20.3 Å². The Balaban J connectivity index is 1.50. The predicted octanol–water partition coefficient (Wildman–Crippen LogP) is 3.64. The fourth-order valence-corrected chi connectivity index (χ4v) is 4.11. The highest BCUT2D eigenvalue weighted by molar-refractivity contribution is 5.91. The highest BCUT2D eigenvalue weighted by Crippen LogP contribution is 2.33. The average molecular weight is 394 g/mol. The molecule has 0 amide bonds. The summed E-state index contributed by atoms with van der Waals surface area (Å²) in [5.74, 6) is 1.43. The number of rotatable bonds is 8. The SMILES string of the molecule is COc1cc(OC)nc(NCCCn2c3c(c4cc(C=O)ccc42)CCCC3)n1. The van der Waals surface area contributed by atoms with E-state index in [9.17, 15) is 4.79 Å². The molecular formula is C22H26N4O3. The van der Waals surface area contributed by atoms with Crippen LogP contribution in [0.2, 0.25) is 0 Å². The number of nitrogens with zero attached hydrogens (tertiary/aromatic N) is 3. The van der Waals surface area contributed by atoms with Crippen molar-refractivity contribution in [1.29, 1.82) is 0 Å². The summed E-state index contributed by atoms with van der Waals surface area (Å²) in [4.78, 5) is 19.8. The van der Waals surface area contributed by atoms with E-state index in [4.69, 9.17) is 9.47 Å². The first-order valence-electron chi connectivity index (χ1n) is 10.0. The Hall–Kier alpha value is -3.09. The number of fused-ring (bicyclic) bond motifs is 3. The van der Waals surface area contributed by atoms with Crippen LogP contribution in [0.25, 0.3) is 10.9 Å². The van der Waals surface area contributed by atoms with E-state index in [1.165, 1.54) is 35.0 Å². The number of methoxy groups -OCH3 is 2. The quantitative estimate of drug-likeness (QED) is 0.464. The zero-order valence-corrected chi connectivity index (χ0v) is 16.9. The second-order valence-corrected chi connectivity index (χ2v) is 7.24. The van der Waals surface area contributed by atoms with Crippen LogP contribution in [0, 0.1) is 0 Å². The molecule has 3 aromatic rings. The van der Waals surface area contributed by atoms with Crippen molar-refractivity contribution >= 4 is 23.1 Å². The molecule has 0 spiro atoms. The predicted molar refractivity (Wildman–Crippen MR) is 112 cm³/mol. The number of aromatic nitrogens is 3. The van der Waals surface area contributed by atoms with Crippen LogP contribution < -0.4 is 14.8 Å². The van der Waals surface area contributed by atoms with Crippen LogP contribution >= 0.6 is 0 Å². The number of nitrogens with one attached hydrogen (secondary N) is 1. The topological polar surface area (TPSA) is 78.3 Å². The van der Waals surface area contributed by atoms with Crippen molar-refractivity contribution in [2.75, 3.05) is 26.1 Å². The maximum Gasteiger partial charge on any atom is 0.229 e. The molecule has 1 N–H and O–H groups in total. The molecule has 0 saturated heterocycles. The Bertz CT molecular complexity index is 1010. The summed E-state index contributed by atoms with van der Waals surface area (Å²) in [5, 5.41) is 4.50. The van der Waals surface area contributed by atoms with Gasteiger partial charge in [0.15, 0.2) is 0 Å². The van der Waals surface area contributed by atoms with Crippen molar-refractivity contribution in [3.05, 3.63) is 41.1 Å². The Morgan fingerprint density at radius 2 is 1.86 bits per heavy atom. The third kappa shape index (κ3) is 3.90. The van der Waals surface area contributed by atoms with Gasteiger partial charge < -0.3 is 19.4 Å². The lowest BCUT2D eigenvalue weighted by molar-refractivity contribution is 0.112. The van der Waals surface area contributed by atoms with E-state index < -0.39 is 0 Å². The van der Waals surface area contributed by atoms with Gasteiger partial charge in [-0.2, -0.15) is 9.97 Å². The lowest BCUT2D eigenvalue weighted by Crippen LogP contribution is -2.12. The second kappa shape index (κ2) is 8.51. The Kier molecular flexibility index (Phi) is 5.64. The summed E-state index contributed by atoms with van der Waals surface area (Å²) in [5.41, 5.74) is 4.81. The molecule has 0 aliphatic heterocycles. The molecule has 152 valence electrons. The van der Waals surface area contributed by atoms with Gasteiger partial charge in [-0.1, -0.05) is 0 Å². The summed E-state index contributed by atoms with van der Waals surface area (Å²) in [7, 11) is 3.14. The molecule has 7 heteroatoms. The van der Waals surface area contributed by atoms with Gasteiger partial charge in [-0.25, -0.2) is 0 Å². The normalized spacial score (nSPS) is 13.2. The van der Waals surface area contributed by atoms with E-state index in [0.29, 0.717) is 17.7 Å². The van der Waals surface area contributed by atoms with Gasteiger partial charge in [-0.05, 0) is 55.9 Å². The molecule has 0 atom stereocenters. The fraction of sp³-hybridized carbons (Fsp3) is 0.409. The summed E-state index contributed by atoms with van der Waals surface area (Å²) in [6.07, 6.45) is 6.49. The molecule has 1 aromatic carbocycles. The number of hydrogen-bond donors (Lipinski definition) is 1. The van der Waals surface area contributed by atoms with Crippen LogP contribution in [-0.4, -0.2) is 41.6 Å². The third-order valence-corrected chi connectivity index (χ3v) is 5.48. The number of ether oxygens (including phenoxy) is 2. The van der Waals surface area contributed by atoms with Crippen LogP contribution in [0.3, 0.4) is 0 Å². The maximum atomic E-state index is 11.2. The summed E-state index contributed by atoms with van der Waals surface area (Å²) in [6, 6.07) is 7.68. The van der Waals surface area contributed by atoms with Gasteiger partial charge >= 0.3 is 0 Å². The zero-order valence-electron chi connectivity index (χ0n) is 16.9. The zero-order chi connectivity index (χ0) is 20.2. The van der Waals surface area contributed by atoms with Gasteiger partial charge in [0.25, 0.3) is 0 Å². The molecule has 2 heterocycles.